The Morgan fingerprint density at radius 1 is 0.972 bits per heavy atom. The molecule has 0 saturated carbocycles. The predicted molar refractivity (Wildman–Crippen MR) is 143 cm³/mol. The molecule has 2 aliphatic carbocycles. The fourth-order valence-corrected chi connectivity index (χ4v) is 6.50. The highest BCUT2D eigenvalue weighted by Gasteiger charge is 2.43. The van der Waals surface area contributed by atoms with Gasteiger partial charge in [-0.15, -0.1) is 0 Å². The van der Waals surface area contributed by atoms with Crippen molar-refractivity contribution >= 4 is 34.2 Å². The van der Waals surface area contributed by atoms with Gasteiger partial charge in [-0.05, 0) is 90.6 Å². The van der Waals surface area contributed by atoms with Crippen molar-refractivity contribution in [3.63, 3.8) is 0 Å². The zero-order chi connectivity index (χ0) is 25.4. The van der Waals surface area contributed by atoms with Crippen LogP contribution in [0.15, 0.2) is 58.9 Å². The lowest BCUT2D eigenvalue weighted by Crippen LogP contribution is -2.39. The third-order valence-corrected chi connectivity index (χ3v) is 8.09. The Morgan fingerprint density at radius 3 is 2.14 bits per heavy atom. The topological polar surface area (TPSA) is 55.8 Å². The SMILES string of the molecule is CCN1C2=C(C(=O)CCC2)C(c2cc(I)c(OCc3ccc(F)cc3)c(OC)c2)C2=C1CCCC2=O. The summed E-state index contributed by atoms with van der Waals surface area (Å²) in [6, 6.07) is 10.1. The lowest BCUT2D eigenvalue weighted by molar-refractivity contribution is -0.117. The molecule has 1 heterocycles. The van der Waals surface area contributed by atoms with E-state index >= 15 is 0 Å². The van der Waals surface area contributed by atoms with Crippen molar-refractivity contribution in [2.45, 2.75) is 58.0 Å². The van der Waals surface area contributed by atoms with Gasteiger partial charge in [0, 0.05) is 47.8 Å². The van der Waals surface area contributed by atoms with Gasteiger partial charge in [-0.2, -0.15) is 0 Å². The fourth-order valence-electron chi connectivity index (χ4n) is 5.71. The molecule has 0 atom stereocenters. The molecule has 7 heteroatoms. The number of ether oxygens (including phenoxy) is 2. The number of hydrogen-bond acceptors (Lipinski definition) is 5. The molecule has 36 heavy (non-hydrogen) atoms. The summed E-state index contributed by atoms with van der Waals surface area (Å²) in [5.74, 6) is 0.733. The Morgan fingerprint density at radius 2 is 1.58 bits per heavy atom. The molecule has 3 aliphatic rings. The van der Waals surface area contributed by atoms with Gasteiger partial charge in [0.1, 0.15) is 12.4 Å². The van der Waals surface area contributed by atoms with Crippen LogP contribution in [0.4, 0.5) is 4.39 Å². The number of hydrogen-bond donors (Lipinski definition) is 0. The van der Waals surface area contributed by atoms with E-state index < -0.39 is 0 Å². The maximum Gasteiger partial charge on any atom is 0.174 e. The van der Waals surface area contributed by atoms with Gasteiger partial charge in [-0.3, -0.25) is 9.59 Å². The number of carbonyl (C=O) groups excluding carboxylic acids is 2. The smallest absolute Gasteiger partial charge is 0.174 e. The van der Waals surface area contributed by atoms with Gasteiger partial charge in [-0.1, -0.05) is 12.1 Å². The number of nitrogens with zero attached hydrogens (tertiary/aromatic N) is 1. The first kappa shape index (κ1) is 25.0. The van der Waals surface area contributed by atoms with Crippen LogP contribution in [0.5, 0.6) is 11.5 Å². The van der Waals surface area contributed by atoms with Crippen LogP contribution in [0.25, 0.3) is 0 Å². The van der Waals surface area contributed by atoms with Crippen molar-refractivity contribution in [1.29, 1.82) is 0 Å². The van der Waals surface area contributed by atoms with E-state index in [1.54, 1.807) is 19.2 Å². The number of allylic oxidation sites excluding steroid dienone is 4. The van der Waals surface area contributed by atoms with Crippen LogP contribution in [0, 0.1) is 9.39 Å². The van der Waals surface area contributed by atoms with E-state index in [9.17, 15) is 14.0 Å². The second kappa shape index (κ2) is 10.4. The molecule has 0 saturated heterocycles. The van der Waals surface area contributed by atoms with Crippen molar-refractivity contribution in [3.8, 4) is 11.5 Å². The highest BCUT2D eigenvalue weighted by Crippen LogP contribution is 2.50. The molecule has 0 spiro atoms. The van der Waals surface area contributed by atoms with E-state index in [2.05, 4.69) is 34.4 Å². The second-order valence-electron chi connectivity index (χ2n) is 9.40. The molecule has 0 unspecified atom stereocenters. The highest BCUT2D eigenvalue weighted by atomic mass is 127. The molecule has 0 aromatic heterocycles. The summed E-state index contributed by atoms with van der Waals surface area (Å²) in [6.45, 7) is 3.11. The van der Waals surface area contributed by atoms with Gasteiger partial charge in [0.2, 0.25) is 0 Å². The maximum absolute atomic E-state index is 13.3. The average Bonchev–Trinajstić information content (AvgIpc) is 2.87. The molecule has 2 aromatic carbocycles. The van der Waals surface area contributed by atoms with Crippen LogP contribution in [-0.4, -0.2) is 30.1 Å². The summed E-state index contributed by atoms with van der Waals surface area (Å²) >= 11 is 2.22. The molecule has 0 amide bonds. The van der Waals surface area contributed by atoms with Crippen molar-refractivity contribution < 1.29 is 23.5 Å². The van der Waals surface area contributed by atoms with Gasteiger partial charge in [-0.25, -0.2) is 4.39 Å². The minimum atomic E-state index is -0.382. The van der Waals surface area contributed by atoms with Crippen molar-refractivity contribution in [1.82, 2.24) is 4.90 Å². The largest absolute Gasteiger partial charge is 0.493 e. The van der Waals surface area contributed by atoms with E-state index in [1.165, 1.54) is 12.1 Å². The Balaban J connectivity index is 1.59. The molecular formula is C29H29FINO4. The number of halogens is 2. The summed E-state index contributed by atoms with van der Waals surface area (Å²) < 4.78 is 25.9. The van der Waals surface area contributed by atoms with E-state index in [4.69, 9.17) is 9.47 Å². The fraction of sp³-hybridized carbons (Fsp3) is 0.379. The van der Waals surface area contributed by atoms with Crippen LogP contribution >= 0.6 is 22.6 Å². The number of carbonyl (C=O) groups is 2. The van der Waals surface area contributed by atoms with E-state index in [0.717, 1.165) is 69.5 Å². The molecule has 5 nitrogen and oxygen atoms in total. The molecule has 2 aromatic rings. The Labute approximate surface area is 224 Å². The van der Waals surface area contributed by atoms with E-state index in [-0.39, 0.29) is 29.9 Å². The molecule has 0 bridgehead atoms. The van der Waals surface area contributed by atoms with Crippen molar-refractivity contribution in [2.75, 3.05) is 13.7 Å². The minimum Gasteiger partial charge on any atom is -0.493 e. The summed E-state index contributed by atoms with van der Waals surface area (Å²) in [4.78, 5) is 28.9. The predicted octanol–water partition coefficient (Wildman–Crippen LogP) is 6.45. The molecular weight excluding hydrogens is 572 g/mol. The maximum atomic E-state index is 13.3. The molecule has 1 aliphatic heterocycles. The molecule has 0 radical (unpaired) electrons. The van der Waals surface area contributed by atoms with Crippen molar-refractivity contribution in [2.24, 2.45) is 0 Å². The number of benzene rings is 2. The monoisotopic (exact) mass is 601 g/mol. The number of methoxy groups -OCH3 is 1. The van der Waals surface area contributed by atoms with E-state index in [0.29, 0.717) is 24.3 Å². The molecule has 0 fully saturated rings. The summed E-state index contributed by atoms with van der Waals surface area (Å²) in [7, 11) is 1.59. The normalized spacial score (nSPS) is 18.4. The van der Waals surface area contributed by atoms with Gasteiger partial charge in [0.15, 0.2) is 23.1 Å². The van der Waals surface area contributed by atoms with Gasteiger partial charge in [0.25, 0.3) is 0 Å². The quantitative estimate of drug-likeness (QED) is 0.357. The van der Waals surface area contributed by atoms with Crippen LogP contribution in [-0.2, 0) is 16.2 Å². The van der Waals surface area contributed by atoms with Crippen molar-refractivity contribution in [3.05, 3.63) is 79.5 Å². The lowest BCUT2D eigenvalue weighted by Gasteiger charge is -2.43. The first-order valence-electron chi connectivity index (χ1n) is 12.5. The number of rotatable bonds is 6. The van der Waals surface area contributed by atoms with E-state index in [1.807, 2.05) is 12.1 Å². The van der Waals surface area contributed by atoms with Crippen LogP contribution in [0.3, 0.4) is 0 Å². The highest BCUT2D eigenvalue weighted by molar-refractivity contribution is 14.1. The third kappa shape index (κ3) is 4.46. The van der Waals surface area contributed by atoms with Crippen LogP contribution < -0.4 is 9.47 Å². The van der Waals surface area contributed by atoms with Gasteiger partial charge in [0.05, 0.1) is 10.7 Å². The first-order valence-corrected chi connectivity index (χ1v) is 13.6. The number of Topliss-reactive ketones (excluding diaryl/α,β-unsaturated/α-hetero) is 2. The molecule has 5 rings (SSSR count). The Bertz CT molecular complexity index is 1240. The first-order chi connectivity index (χ1) is 17.4. The third-order valence-electron chi connectivity index (χ3n) is 7.28. The van der Waals surface area contributed by atoms with Gasteiger partial charge >= 0.3 is 0 Å². The van der Waals surface area contributed by atoms with Crippen LogP contribution in [0.2, 0.25) is 0 Å². The number of ketones is 2. The standard InChI is InChI=1S/C29H29FINO4/c1-3-32-21-6-4-8-23(33)27(21)26(28-22(32)7-5-9-24(28)34)18-14-20(31)29(25(15-18)35-2)36-16-17-10-12-19(30)13-11-17/h10-15,26H,3-9,16H2,1-2H3. The second-order valence-corrected chi connectivity index (χ2v) is 10.6. The minimum absolute atomic E-state index is 0.134. The zero-order valence-electron chi connectivity index (χ0n) is 20.5. The molecule has 188 valence electrons. The summed E-state index contributed by atoms with van der Waals surface area (Å²) in [6.07, 6.45) is 4.41. The lowest BCUT2D eigenvalue weighted by atomic mass is 9.71. The summed E-state index contributed by atoms with van der Waals surface area (Å²) in [5.41, 5.74) is 5.43. The summed E-state index contributed by atoms with van der Waals surface area (Å²) in [5, 5.41) is 0. The zero-order valence-corrected chi connectivity index (χ0v) is 22.7. The average molecular weight is 601 g/mol. The van der Waals surface area contributed by atoms with Crippen LogP contribution in [0.1, 0.15) is 62.5 Å². The Kier molecular flexibility index (Phi) is 7.19. The van der Waals surface area contributed by atoms with Gasteiger partial charge < -0.3 is 14.4 Å². The molecule has 0 N–H and O–H groups in total. The Hall–Kier alpha value is -2.68.